The van der Waals surface area contributed by atoms with Crippen LogP contribution in [0.3, 0.4) is 0 Å². The Morgan fingerprint density at radius 3 is 2.20 bits per heavy atom. The van der Waals surface area contributed by atoms with E-state index in [0.29, 0.717) is 27.8 Å². The van der Waals surface area contributed by atoms with Crippen LogP contribution in [0.15, 0.2) is 108 Å². The molecule has 9 nitrogen and oxygen atoms in total. The number of carbonyl (C=O) groups is 2. The summed E-state index contributed by atoms with van der Waals surface area (Å²) < 4.78 is 15.9. The first-order valence-corrected chi connectivity index (χ1v) is 24.2. The van der Waals surface area contributed by atoms with Gasteiger partial charge in [-0.25, -0.2) is 4.79 Å². The quantitative estimate of drug-likeness (QED) is 0.0694. The predicted molar refractivity (Wildman–Crippen MR) is 208 cm³/mol. The number of carbonyl (C=O) groups excluding carboxylic acids is 2. The molecular weight excluding hydrogens is 921 g/mol. The zero-order valence-corrected chi connectivity index (χ0v) is 35.0. The Labute approximate surface area is 331 Å². The normalized spacial score (nSPS) is 11.6. The summed E-state index contributed by atoms with van der Waals surface area (Å²) >= 11 is -1.90. The first kappa shape index (κ1) is 38.7. The van der Waals surface area contributed by atoms with E-state index in [4.69, 9.17) is 16.3 Å². The maximum absolute atomic E-state index is 12.4. The zero-order valence-electron chi connectivity index (χ0n) is 31.5. The Kier molecular flexibility index (Phi) is 12.2. The van der Waals surface area contributed by atoms with Crippen molar-refractivity contribution in [1.82, 2.24) is 9.97 Å². The van der Waals surface area contributed by atoms with Crippen molar-refractivity contribution < 1.29 is 55.8 Å². The van der Waals surface area contributed by atoms with Crippen molar-refractivity contribution in [3.05, 3.63) is 138 Å². The van der Waals surface area contributed by atoms with Crippen LogP contribution in [0.25, 0.3) is 55.6 Å². The summed E-state index contributed by atoms with van der Waals surface area (Å²) in [4.78, 5) is 40.3. The van der Waals surface area contributed by atoms with Gasteiger partial charge in [0.25, 0.3) is 0 Å². The minimum Gasteiger partial charge on any atom is -0.500 e. The van der Waals surface area contributed by atoms with E-state index in [1.54, 1.807) is 30.5 Å². The minimum absolute atomic E-state index is 0. The zero-order chi connectivity index (χ0) is 38.8. The third kappa shape index (κ3) is 8.54. The maximum Gasteiger partial charge on any atom is 0.376 e. The van der Waals surface area contributed by atoms with Crippen molar-refractivity contribution >= 4 is 51.5 Å². The van der Waals surface area contributed by atoms with E-state index >= 15 is 0 Å². The van der Waals surface area contributed by atoms with Crippen LogP contribution in [0.5, 0.6) is 0 Å². The van der Waals surface area contributed by atoms with Crippen molar-refractivity contribution in [2.45, 2.75) is 43.9 Å². The van der Waals surface area contributed by atoms with Gasteiger partial charge in [0.2, 0.25) is 0 Å². The van der Waals surface area contributed by atoms with Crippen LogP contribution in [0.1, 0.15) is 53.0 Å². The number of benzene rings is 4. The molecule has 0 amide bonds. The van der Waals surface area contributed by atoms with Gasteiger partial charge in [-0.1, -0.05) is 66.8 Å². The Bertz CT molecular complexity index is 2490. The van der Waals surface area contributed by atoms with Gasteiger partial charge in [-0.15, -0.1) is 18.2 Å². The van der Waals surface area contributed by atoms with Gasteiger partial charge in [0, 0.05) is 33.1 Å². The number of pyridine rings is 2. The summed E-state index contributed by atoms with van der Waals surface area (Å²) in [5.74, 6) is 4.53. The molecule has 0 atom stereocenters. The fraction of sp³-hybridized carbons (Fsp3) is 0.163. The van der Waals surface area contributed by atoms with Crippen molar-refractivity contribution in [2.75, 3.05) is 0 Å². The molecule has 7 rings (SSSR count). The molecule has 0 aliphatic carbocycles. The van der Waals surface area contributed by atoms with Crippen molar-refractivity contribution in [2.24, 2.45) is 0 Å². The Hall–Kier alpha value is -4.97. The molecule has 3 aromatic heterocycles. The number of furan rings is 1. The van der Waals surface area contributed by atoms with Crippen LogP contribution in [0.4, 0.5) is 0 Å². The second kappa shape index (κ2) is 17.0. The fourth-order valence-electron chi connectivity index (χ4n) is 6.16. The summed E-state index contributed by atoms with van der Waals surface area (Å²) in [6.45, 7) is 5.74. The molecule has 0 bridgehead atoms. The first-order chi connectivity index (χ1) is 25.7. The van der Waals surface area contributed by atoms with Gasteiger partial charge >= 0.3 is 133 Å². The van der Waals surface area contributed by atoms with Crippen LogP contribution >= 0.6 is 0 Å². The molecule has 0 aliphatic rings. The number of fused-ring (bicyclic) bond motifs is 3. The van der Waals surface area contributed by atoms with Crippen molar-refractivity contribution in [3.8, 4) is 33.6 Å². The summed E-state index contributed by atoms with van der Waals surface area (Å²) in [5.41, 5.74) is 7.82. The SMILES string of the molecule is Cc1cc(-c2[c-]cc(C(=O)OO)cc2)nc[c]1[Ge]([CH3])([CH3])[CH3].[2H]C(C)(C)c1ccnc(-c2[c-]ccc3c2oc2c(C(=O)OO)cc(-c4ccccc4)cc23)c1.[Ir]. The molecule has 0 unspecified atom stereocenters. The van der Waals surface area contributed by atoms with E-state index in [2.05, 4.69) is 62.1 Å². The Morgan fingerprint density at radius 2 is 1.57 bits per heavy atom. The summed E-state index contributed by atoms with van der Waals surface area (Å²) in [7, 11) is 0. The topological polar surface area (TPSA) is 132 Å². The second-order valence-electron chi connectivity index (χ2n) is 13.8. The van der Waals surface area contributed by atoms with Gasteiger partial charge in [0.15, 0.2) is 0 Å². The van der Waals surface area contributed by atoms with Crippen molar-refractivity contribution in [3.63, 3.8) is 0 Å². The Morgan fingerprint density at radius 1 is 0.833 bits per heavy atom. The van der Waals surface area contributed by atoms with Gasteiger partial charge in [0.1, 0.15) is 11.1 Å². The molecule has 11 heteroatoms. The number of hydrogen-bond acceptors (Lipinski definition) is 9. The number of rotatable bonds is 7. The summed E-state index contributed by atoms with van der Waals surface area (Å²) in [6, 6.07) is 33.6. The third-order valence-corrected chi connectivity index (χ3v) is 13.4. The number of hydrogen-bond donors (Lipinski definition) is 2. The first-order valence-electron chi connectivity index (χ1n) is 17.3. The molecule has 3 heterocycles. The molecule has 0 fully saturated rings. The fourth-order valence-corrected chi connectivity index (χ4v) is 9.74. The van der Waals surface area contributed by atoms with Crippen LogP contribution < -0.4 is 4.40 Å². The average Bonchev–Trinajstić information content (AvgIpc) is 3.55. The molecule has 0 saturated heterocycles. The number of nitrogens with zero attached hydrogens (tertiary/aromatic N) is 2. The van der Waals surface area contributed by atoms with Crippen LogP contribution in [-0.4, -0.2) is 45.7 Å². The number of aryl methyl sites for hydroxylation is 1. The maximum atomic E-state index is 12.4. The van der Waals surface area contributed by atoms with E-state index in [1.165, 1.54) is 16.0 Å². The molecule has 4 aromatic carbocycles. The minimum atomic E-state index is -1.90. The van der Waals surface area contributed by atoms with Gasteiger partial charge in [-0.05, 0) is 40.9 Å². The standard InChI is InChI=1S/C27H20NO4.C16H18GeNO3.Ir/c1-16(2)18-11-12-28-24(15-18)21-10-6-9-20-22-13-19(17-7-4-3-5-8-17)14-23(27(29)32-30)26(22)31-25(20)21;1-11-9-15(18-10-14(11)17(2,3)4)12-5-7-13(8-6-12)16(19)21-20;/h3-9,11-16,30H,1-2H3;5,7-10,20H,1-4H3;/q2*-1;/i16D;;. The third-order valence-electron chi connectivity index (χ3n) is 8.86. The second-order valence-corrected chi connectivity index (χ2v) is 24.3. The molecule has 0 spiro atoms. The van der Waals surface area contributed by atoms with Gasteiger partial charge in [0.05, 0.1) is 5.58 Å². The van der Waals surface area contributed by atoms with E-state index < -0.39 is 31.1 Å². The molecule has 54 heavy (non-hydrogen) atoms. The smallest absolute Gasteiger partial charge is 0.376 e. The largest absolute Gasteiger partial charge is 0.500 e. The molecular formula is C43H38GeIrN2O7-2. The molecule has 2 N–H and O–H groups in total. The summed E-state index contributed by atoms with van der Waals surface area (Å²) in [6.07, 6.45) is 3.63. The number of aromatic nitrogens is 2. The van der Waals surface area contributed by atoms with E-state index in [9.17, 15) is 9.59 Å². The molecule has 1 radical (unpaired) electrons. The summed E-state index contributed by atoms with van der Waals surface area (Å²) in [5, 5.41) is 18.9. The van der Waals surface area contributed by atoms with Gasteiger partial charge < -0.3 is 9.40 Å². The average molecular weight is 961 g/mol. The van der Waals surface area contributed by atoms with Crippen LogP contribution in [0, 0.1) is 19.1 Å². The van der Waals surface area contributed by atoms with E-state index in [0.717, 1.165) is 33.3 Å². The monoisotopic (exact) mass is 962 g/mol. The van der Waals surface area contributed by atoms with Crippen LogP contribution in [0.2, 0.25) is 17.3 Å². The molecule has 7 aromatic rings. The Balaban J connectivity index is 0.000000229. The van der Waals surface area contributed by atoms with E-state index in [-0.39, 0.29) is 31.2 Å². The van der Waals surface area contributed by atoms with Gasteiger partial charge in [-0.2, -0.15) is 5.26 Å². The molecule has 277 valence electrons. The van der Waals surface area contributed by atoms with Crippen molar-refractivity contribution in [1.29, 1.82) is 0 Å². The predicted octanol–water partition coefficient (Wildman–Crippen LogP) is 9.90. The van der Waals surface area contributed by atoms with Gasteiger partial charge in [-0.3, -0.25) is 4.89 Å². The van der Waals surface area contributed by atoms with E-state index in [1.807, 2.05) is 74.6 Å². The molecule has 0 saturated carbocycles. The molecule has 0 aliphatic heterocycles. The van der Waals surface area contributed by atoms with Crippen LogP contribution in [-0.2, 0) is 29.9 Å².